The number of benzene rings is 3. The van der Waals surface area contributed by atoms with E-state index in [2.05, 4.69) is 12.1 Å². The molecule has 1 aliphatic rings. The molecule has 2 N–H and O–H groups in total. The van der Waals surface area contributed by atoms with Crippen molar-refractivity contribution < 1.29 is 14.9 Å². The second kappa shape index (κ2) is 5.14. The summed E-state index contributed by atoms with van der Waals surface area (Å²) in [7, 11) is 0. The molecular weight excluding hydrogens is 288 g/mol. The lowest BCUT2D eigenvalue weighted by atomic mass is 9.80. The van der Waals surface area contributed by atoms with E-state index < -0.39 is 5.60 Å². The Morgan fingerprint density at radius 2 is 1.22 bits per heavy atom. The summed E-state index contributed by atoms with van der Waals surface area (Å²) in [6.45, 7) is 0.526. The van der Waals surface area contributed by atoms with Crippen LogP contribution in [-0.4, -0.2) is 10.2 Å². The van der Waals surface area contributed by atoms with Crippen molar-refractivity contribution in [3.8, 4) is 11.5 Å². The number of phenolic OH excluding ortho intramolecular Hbond substituents is 2. The van der Waals surface area contributed by atoms with Crippen LogP contribution in [0.15, 0.2) is 72.8 Å². The van der Waals surface area contributed by atoms with Gasteiger partial charge in [-0.15, -0.1) is 0 Å². The van der Waals surface area contributed by atoms with Crippen molar-refractivity contribution in [1.29, 1.82) is 0 Å². The summed E-state index contributed by atoms with van der Waals surface area (Å²) in [5.41, 5.74) is 3.42. The van der Waals surface area contributed by atoms with Gasteiger partial charge in [0.1, 0.15) is 17.1 Å². The standard InChI is InChI=1S/C20H16O3/c21-17-9-5-15(6-10-17)20(16-7-11-18(22)12-8-16)19-4-2-1-3-14(19)13-23-20/h1-12,21-22H,13H2. The maximum Gasteiger partial charge on any atom is 0.144 e. The minimum Gasteiger partial charge on any atom is -0.508 e. The van der Waals surface area contributed by atoms with Gasteiger partial charge in [0, 0.05) is 0 Å². The summed E-state index contributed by atoms with van der Waals surface area (Å²) in [4.78, 5) is 0. The molecule has 3 nitrogen and oxygen atoms in total. The fraction of sp³-hybridized carbons (Fsp3) is 0.100. The van der Waals surface area contributed by atoms with E-state index in [9.17, 15) is 10.2 Å². The summed E-state index contributed by atoms with van der Waals surface area (Å²) < 4.78 is 6.30. The molecule has 0 saturated carbocycles. The molecule has 1 aliphatic heterocycles. The Hall–Kier alpha value is -2.78. The zero-order valence-electron chi connectivity index (χ0n) is 12.4. The van der Waals surface area contributed by atoms with Gasteiger partial charge in [-0.2, -0.15) is 0 Å². The van der Waals surface area contributed by atoms with Crippen LogP contribution in [0.25, 0.3) is 0 Å². The van der Waals surface area contributed by atoms with Crippen molar-refractivity contribution in [2.75, 3.05) is 0 Å². The SMILES string of the molecule is Oc1ccc(C2(c3ccc(O)cc3)OCc3ccccc32)cc1. The summed E-state index contributed by atoms with van der Waals surface area (Å²) in [5.74, 6) is 0.446. The Labute approximate surface area is 134 Å². The molecule has 0 radical (unpaired) electrons. The first-order chi connectivity index (χ1) is 11.2. The van der Waals surface area contributed by atoms with Crippen molar-refractivity contribution in [1.82, 2.24) is 0 Å². The molecule has 23 heavy (non-hydrogen) atoms. The molecule has 1 heterocycles. The maximum atomic E-state index is 9.61. The third-order valence-corrected chi connectivity index (χ3v) is 4.39. The van der Waals surface area contributed by atoms with E-state index in [1.807, 2.05) is 36.4 Å². The molecule has 0 unspecified atom stereocenters. The van der Waals surface area contributed by atoms with Crippen molar-refractivity contribution in [2.24, 2.45) is 0 Å². The van der Waals surface area contributed by atoms with E-state index in [0.717, 1.165) is 22.3 Å². The molecule has 0 aromatic heterocycles. The van der Waals surface area contributed by atoms with Crippen LogP contribution in [0.1, 0.15) is 22.3 Å². The first-order valence-electron chi connectivity index (χ1n) is 7.51. The van der Waals surface area contributed by atoms with Gasteiger partial charge in [0.05, 0.1) is 6.61 Å². The molecule has 0 saturated heterocycles. The monoisotopic (exact) mass is 304 g/mol. The number of rotatable bonds is 2. The Morgan fingerprint density at radius 1 is 0.696 bits per heavy atom. The zero-order chi connectivity index (χ0) is 15.9. The molecular formula is C20H16O3. The minimum atomic E-state index is -0.724. The normalized spacial score (nSPS) is 15.3. The number of fused-ring (bicyclic) bond motifs is 1. The van der Waals surface area contributed by atoms with Gasteiger partial charge in [-0.1, -0.05) is 48.5 Å². The number of phenols is 2. The largest absolute Gasteiger partial charge is 0.508 e. The number of ether oxygens (including phenoxy) is 1. The average molecular weight is 304 g/mol. The van der Waals surface area contributed by atoms with Crippen LogP contribution in [0.4, 0.5) is 0 Å². The van der Waals surface area contributed by atoms with E-state index in [-0.39, 0.29) is 11.5 Å². The molecule has 0 fully saturated rings. The van der Waals surface area contributed by atoms with Crippen molar-refractivity contribution in [3.05, 3.63) is 95.1 Å². The predicted octanol–water partition coefficient (Wildman–Crippen LogP) is 3.92. The molecule has 3 heteroatoms. The van der Waals surface area contributed by atoms with Gasteiger partial charge in [-0.05, 0) is 46.5 Å². The third-order valence-electron chi connectivity index (χ3n) is 4.39. The van der Waals surface area contributed by atoms with Gasteiger partial charge >= 0.3 is 0 Å². The molecule has 0 atom stereocenters. The number of aromatic hydroxyl groups is 2. The van der Waals surface area contributed by atoms with Gasteiger partial charge in [-0.3, -0.25) is 0 Å². The highest BCUT2D eigenvalue weighted by Gasteiger charge is 2.43. The van der Waals surface area contributed by atoms with E-state index in [1.54, 1.807) is 24.3 Å². The predicted molar refractivity (Wildman–Crippen MR) is 87.3 cm³/mol. The van der Waals surface area contributed by atoms with Gasteiger partial charge in [0.25, 0.3) is 0 Å². The van der Waals surface area contributed by atoms with Crippen molar-refractivity contribution >= 4 is 0 Å². The summed E-state index contributed by atoms with van der Waals surface area (Å²) in [6, 6.07) is 22.3. The quantitative estimate of drug-likeness (QED) is 0.754. The number of hydrogen-bond donors (Lipinski definition) is 2. The van der Waals surface area contributed by atoms with Crippen LogP contribution < -0.4 is 0 Å². The first-order valence-corrected chi connectivity index (χ1v) is 7.51. The molecule has 0 spiro atoms. The second-order valence-corrected chi connectivity index (χ2v) is 5.72. The highest BCUT2D eigenvalue weighted by atomic mass is 16.5. The van der Waals surface area contributed by atoms with Crippen LogP contribution in [-0.2, 0) is 16.9 Å². The van der Waals surface area contributed by atoms with E-state index in [0.29, 0.717) is 6.61 Å². The number of hydrogen-bond acceptors (Lipinski definition) is 3. The maximum absolute atomic E-state index is 9.61. The van der Waals surface area contributed by atoms with Crippen LogP contribution in [0, 0.1) is 0 Å². The minimum absolute atomic E-state index is 0.223. The Balaban J connectivity index is 1.99. The second-order valence-electron chi connectivity index (χ2n) is 5.72. The Kier molecular flexibility index (Phi) is 3.10. The topological polar surface area (TPSA) is 49.7 Å². The molecule has 4 rings (SSSR count). The van der Waals surface area contributed by atoms with Crippen molar-refractivity contribution in [2.45, 2.75) is 12.2 Å². The molecule has 3 aromatic rings. The van der Waals surface area contributed by atoms with Gasteiger partial charge < -0.3 is 14.9 Å². The highest BCUT2D eigenvalue weighted by Crippen LogP contribution is 2.47. The molecule has 0 bridgehead atoms. The van der Waals surface area contributed by atoms with Gasteiger partial charge in [0.15, 0.2) is 0 Å². The zero-order valence-corrected chi connectivity index (χ0v) is 12.4. The highest BCUT2D eigenvalue weighted by molar-refractivity contribution is 5.53. The average Bonchev–Trinajstić information content (AvgIpc) is 2.97. The van der Waals surface area contributed by atoms with Gasteiger partial charge in [-0.25, -0.2) is 0 Å². The summed E-state index contributed by atoms with van der Waals surface area (Å²) in [6.07, 6.45) is 0. The Bertz CT molecular complexity index is 790. The summed E-state index contributed by atoms with van der Waals surface area (Å²) in [5, 5.41) is 19.2. The smallest absolute Gasteiger partial charge is 0.144 e. The van der Waals surface area contributed by atoms with Crippen LogP contribution in [0.5, 0.6) is 11.5 Å². The lowest BCUT2D eigenvalue weighted by molar-refractivity contribution is 0.0267. The van der Waals surface area contributed by atoms with Crippen molar-refractivity contribution in [3.63, 3.8) is 0 Å². The molecule has 0 amide bonds. The van der Waals surface area contributed by atoms with Crippen LogP contribution in [0.2, 0.25) is 0 Å². The summed E-state index contributed by atoms with van der Waals surface area (Å²) >= 11 is 0. The molecule has 0 aliphatic carbocycles. The van der Waals surface area contributed by atoms with Gasteiger partial charge in [0.2, 0.25) is 0 Å². The molecule has 3 aromatic carbocycles. The van der Waals surface area contributed by atoms with E-state index >= 15 is 0 Å². The van der Waals surface area contributed by atoms with Crippen LogP contribution >= 0.6 is 0 Å². The lowest BCUT2D eigenvalue weighted by Gasteiger charge is -2.31. The molecule has 114 valence electrons. The Morgan fingerprint density at radius 3 is 1.78 bits per heavy atom. The van der Waals surface area contributed by atoms with Crippen LogP contribution in [0.3, 0.4) is 0 Å². The fourth-order valence-electron chi connectivity index (χ4n) is 3.29. The fourth-order valence-corrected chi connectivity index (χ4v) is 3.29. The first kappa shape index (κ1) is 13.9. The lowest BCUT2D eigenvalue weighted by Crippen LogP contribution is -2.28. The van der Waals surface area contributed by atoms with E-state index in [1.165, 1.54) is 0 Å². The third kappa shape index (κ3) is 2.09. The van der Waals surface area contributed by atoms with E-state index in [4.69, 9.17) is 4.74 Å².